The lowest BCUT2D eigenvalue weighted by Crippen LogP contribution is -2.29. The van der Waals surface area contributed by atoms with Crippen LogP contribution >= 0.6 is 0 Å². The Morgan fingerprint density at radius 1 is 0.603 bits per heavy atom. The Labute approximate surface area is 433 Å². The minimum Gasteiger partial charge on any atom is -0.490 e. The average Bonchev–Trinajstić information content (AvgIpc) is 3.68. The van der Waals surface area contributed by atoms with E-state index in [0.29, 0.717) is 58.4 Å². The van der Waals surface area contributed by atoms with Gasteiger partial charge in [-0.15, -0.1) is 0 Å². The van der Waals surface area contributed by atoms with Crippen molar-refractivity contribution in [1.82, 2.24) is 0 Å². The van der Waals surface area contributed by atoms with Crippen molar-refractivity contribution in [1.29, 1.82) is 0 Å². The molecule has 5 aromatic carbocycles. The van der Waals surface area contributed by atoms with Crippen molar-refractivity contribution in [3.63, 3.8) is 0 Å². The lowest BCUT2D eigenvalue weighted by Gasteiger charge is -2.35. The number of aromatic carboxylic acids is 1. The molecule has 73 heavy (non-hydrogen) atoms. The maximum absolute atomic E-state index is 13.4. The molecule has 0 aromatic heterocycles. The van der Waals surface area contributed by atoms with Gasteiger partial charge in [0.2, 0.25) is 0 Å². The molecule has 12 heteroatoms. The Kier molecular flexibility index (Phi) is 23.4. The third-order valence-corrected chi connectivity index (χ3v) is 13.7. The van der Waals surface area contributed by atoms with Gasteiger partial charge >= 0.3 is 12.3 Å². The van der Waals surface area contributed by atoms with E-state index in [9.17, 15) is 15.2 Å². The molecule has 0 fully saturated rings. The van der Waals surface area contributed by atoms with Crippen LogP contribution in [0, 0.1) is 13.8 Å². The summed E-state index contributed by atoms with van der Waals surface area (Å²) in [6, 6.07) is 29.6. The molecule has 1 atom stereocenters. The van der Waals surface area contributed by atoms with Crippen molar-refractivity contribution in [2.75, 3.05) is 86.4 Å². The predicted molar refractivity (Wildman–Crippen MR) is 284 cm³/mol. The molecule has 1 aliphatic carbocycles. The monoisotopic (exact) mass is 1000 g/mol. The fourth-order valence-electron chi connectivity index (χ4n) is 9.97. The number of carboxylic acids is 1. The summed E-state index contributed by atoms with van der Waals surface area (Å²) in [5.41, 5.74) is 13.2. The summed E-state index contributed by atoms with van der Waals surface area (Å²) in [7, 11) is 1.62. The summed E-state index contributed by atoms with van der Waals surface area (Å²) in [6.45, 7) is 12.7. The zero-order valence-electron chi connectivity index (χ0n) is 43.9. The van der Waals surface area contributed by atoms with E-state index >= 15 is 0 Å². The molecule has 6 rings (SSSR count). The summed E-state index contributed by atoms with van der Waals surface area (Å²) < 4.78 is 43.9. The van der Waals surface area contributed by atoms with Gasteiger partial charge in [0.1, 0.15) is 17.9 Å². The number of aliphatic hydroxyl groups is 1. The Balaban J connectivity index is 1.49. The van der Waals surface area contributed by atoms with E-state index in [1.54, 1.807) is 19.2 Å². The van der Waals surface area contributed by atoms with Gasteiger partial charge in [-0.25, -0.2) is 4.79 Å². The molecule has 5 aromatic rings. The number of carbonyl (C=O) groups excluding carboxylic acids is 1. The Hall–Kier alpha value is -5.44. The van der Waals surface area contributed by atoms with Crippen molar-refractivity contribution < 1.29 is 58.0 Å². The van der Waals surface area contributed by atoms with Gasteiger partial charge in [0.25, 0.3) is 0 Å². The first-order valence-corrected chi connectivity index (χ1v) is 26.3. The van der Waals surface area contributed by atoms with Crippen molar-refractivity contribution in [2.45, 2.75) is 104 Å². The average molecular weight is 1000 g/mol. The number of benzene rings is 5. The zero-order valence-corrected chi connectivity index (χ0v) is 43.9. The normalized spacial score (nSPS) is 14.0. The highest BCUT2D eigenvalue weighted by Crippen LogP contribution is 2.57. The Bertz CT molecular complexity index is 2530. The van der Waals surface area contributed by atoms with Crippen molar-refractivity contribution in [3.05, 3.63) is 146 Å². The molecular formula is C61H78O12. The number of hydrogen-bond acceptors (Lipinski definition) is 10. The third-order valence-electron chi connectivity index (χ3n) is 13.7. The second-order valence-corrected chi connectivity index (χ2v) is 18.8. The van der Waals surface area contributed by atoms with Crippen LogP contribution in [0.25, 0.3) is 22.3 Å². The SMILES string of the molecule is CCCCCCc1cc(-c2ccc3c(c2)C(c2ccc(COCCOCCOCCO)c(C=[O+][O-])c2)(c2ccc(OCCOCCOCCOC)c(C(=O)O)c2)c2cc(C)ccc2-3)c(CCCCCC)cc1C. The molecule has 0 heterocycles. The number of methoxy groups -OCH3 is 1. The molecule has 12 nitrogen and oxygen atoms in total. The van der Waals surface area contributed by atoms with Gasteiger partial charge in [-0.2, -0.15) is 4.58 Å². The number of carbonyl (C=O) groups is 1. The smallest absolute Gasteiger partial charge is 0.349 e. The van der Waals surface area contributed by atoms with Crippen molar-refractivity contribution in [2.24, 2.45) is 0 Å². The number of aliphatic hydroxyl groups excluding tert-OH is 1. The van der Waals surface area contributed by atoms with Crippen molar-refractivity contribution >= 4 is 12.3 Å². The first-order chi connectivity index (χ1) is 35.7. The van der Waals surface area contributed by atoms with Crippen LogP contribution in [0.4, 0.5) is 0 Å². The molecule has 1 aliphatic rings. The molecular weight excluding hydrogens is 925 g/mol. The van der Waals surface area contributed by atoms with E-state index in [1.165, 1.54) is 67.1 Å². The summed E-state index contributed by atoms with van der Waals surface area (Å²) in [5, 5.41) is 32.0. The van der Waals surface area contributed by atoms with Gasteiger partial charge in [-0.1, -0.05) is 119 Å². The summed E-state index contributed by atoms with van der Waals surface area (Å²) in [6.07, 6.45) is 12.5. The second kappa shape index (κ2) is 30.1. The van der Waals surface area contributed by atoms with Crippen LogP contribution in [0.2, 0.25) is 0 Å². The number of unbranched alkanes of at least 4 members (excludes halogenated alkanes) is 6. The first-order valence-electron chi connectivity index (χ1n) is 26.3. The topological polar surface area (TPSA) is 156 Å². The number of carboxylic acid groups (broad SMARTS) is 1. The highest BCUT2D eigenvalue weighted by atomic mass is 17.1. The molecule has 394 valence electrons. The maximum atomic E-state index is 13.4. The van der Waals surface area contributed by atoms with Gasteiger partial charge in [0.05, 0.1) is 90.3 Å². The molecule has 0 amide bonds. The van der Waals surface area contributed by atoms with E-state index in [2.05, 4.69) is 86.9 Å². The quantitative estimate of drug-likeness (QED) is 0.0128. The molecule has 0 bridgehead atoms. The summed E-state index contributed by atoms with van der Waals surface area (Å²) in [5.74, 6) is -0.901. The summed E-state index contributed by atoms with van der Waals surface area (Å²) in [4.78, 5) is 13.4. The maximum Gasteiger partial charge on any atom is 0.349 e. The van der Waals surface area contributed by atoms with E-state index in [0.717, 1.165) is 75.8 Å². The molecule has 0 saturated heterocycles. The standard InChI is InChI=1S/C61H78O12/c1-6-8-10-12-14-46-39-55(47(37-45(46)4)15-13-11-9-7-2)48-18-22-54-53-21-16-44(3)36-57(53)61(58(54)40-48,51-19-17-49(50(38-51)43-73-65)42-71-33-32-69-29-28-67-25-24-62)52-20-23-59(56(41-52)60(63)64)72-35-34-70-31-30-68-27-26-66-5/h16-23,36-41,43,62H,6-15,24-35,42H2,1-5H3,(H,63,64). The van der Waals surface area contributed by atoms with Gasteiger partial charge in [0.15, 0.2) is 0 Å². The number of aldehydes is 1. The molecule has 1 unspecified atom stereocenters. The van der Waals surface area contributed by atoms with Gasteiger partial charge < -0.3 is 48.6 Å². The van der Waals surface area contributed by atoms with Crippen LogP contribution in [-0.2, 0) is 53.3 Å². The van der Waals surface area contributed by atoms with E-state index in [4.69, 9.17) is 38.3 Å². The van der Waals surface area contributed by atoms with Crippen LogP contribution in [0.15, 0.2) is 84.9 Å². The van der Waals surface area contributed by atoms with Crippen LogP contribution in [0.5, 0.6) is 5.75 Å². The second-order valence-electron chi connectivity index (χ2n) is 18.8. The minimum atomic E-state index is -1.13. The van der Waals surface area contributed by atoms with Gasteiger partial charge in [-0.05, 0) is 131 Å². The van der Waals surface area contributed by atoms with Crippen LogP contribution in [0.3, 0.4) is 0 Å². The van der Waals surface area contributed by atoms with Gasteiger partial charge in [0, 0.05) is 7.11 Å². The molecule has 0 spiro atoms. The fourth-order valence-corrected chi connectivity index (χ4v) is 9.97. The zero-order chi connectivity index (χ0) is 51.8. The van der Waals surface area contributed by atoms with Crippen LogP contribution in [-0.4, -0.2) is 109 Å². The lowest BCUT2D eigenvalue weighted by atomic mass is 9.66. The van der Waals surface area contributed by atoms with Crippen LogP contribution in [0.1, 0.15) is 136 Å². The molecule has 0 radical (unpaired) electrons. The largest absolute Gasteiger partial charge is 0.490 e. The lowest BCUT2D eigenvalue weighted by molar-refractivity contribution is -0.935. The number of rotatable bonds is 35. The highest BCUT2D eigenvalue weighted by molar-refractivity contribution is 5.94. The third kappa shape index (κ3) is 15.1. The Morgan fingerprint density at radius 2 is 1.21 bits per heavy atom. The minimum absolute atomic E-state index is 0.0149. The number of ether oxygens (including phenoxy) is 7. The van der Waals surface area contributed by atoms with Crippen LogP contribution < -0.4 is 9.99 Å². The van der Waals surface area contributed by atoms with Gasteiger partial charge in [-0.3, -0.25) is 0 Å². The summed E-state index contributed by atoms with van der Waals surface area (Å²) >= 11 is 0. The molecule has 0 saturated carbocycles. The molecule has 0 aliphatic heterocycles. The number of hydrogen-bond donors (Lipinski definition) is 2. The van der Waals surface area contributed by atoms with E-state index < -0.39 is 11.4 Å². The van der Waals surface area contributed by atoms with Crippen molar-refractivity contribution in [3.8, 4) is 28.0 Å². The highest BCUT2D eigenvalue weighted by Gasteiger charge is 2.47. The Morgan fingerprint density at radius 3 is 1.86 bits per heavy atom. The van der Waals surface area contributed by atoms with E-state index in [1.807, 2.05) is 18.2 Å². The number of fused-ring (bicyclic) bond motifs is 3. The fraction of sp³-hybridized carbons (Fsp3) is 0.475. The first kappa shape index (κ1) is 56.8. The predicted octanol–water partition coefficient (Wildman–Crippen LogP) is 10.5. The van der Waals surface area contributed by atoms with E-state index in [-0.39, 0.29) is 44.3 Å². The molecule has 2 N–H and O–H groups in total. The number of aryl methyl sites for hydroxylation is 4.